The first-order chi connectivity index (χ1) is 14.4. The van der Waals surface area contributed by atoms with Gasteiger partial charge in [-0.15, -0.1) is 0 Å². The molecule has 9 nitrogen and oxygen atoms in total. The summed E-state index contributed by atoms with van der Waals surface area (Å²) in [6.07, 6.45) is 1.04. The van der Waals surface area contributed by atoms with Crippen molar-refractivity contribution < 1.29 is 19.2 Å². The summed E-state index contributed by atoms with van der Waals surface area (Å²) in [6.45, 7) is 2.15. The second kappa shape index (κ2) is 9.37. The number of anilines is 1. The Morgan fingerprint density at radius 3 is 2.20 bits per heavy atom. The van der Waals surface area contributed by atoms with Crippen LogP contribution in [0.15, 0.2) is 71.7 Å². The average Bonchev–Trinajstić information content (AvgIpc) is 2.72. The van der Waals surface area contributed by atoms with Crippen LogP contribution < -0.4 is 20.3 Å². The molecule has 1 N–H and O–H groups in total. The van der Waals surface area contributed by atoms with Gasteiger partial charge in [-0.25, -0.2) is 0 Å². The monoisotopic (exact) mass is 409 g/mol. The van der Waals surface area contributed by atoms with Gasteiger partial charge in [-0.2, -0.15) is 0 Å². The molecule has 0 spiro atoms. The summed E-state index contributed by atoms with van der Waals surface area (Å²) in [5.41, 5.74) is -0.273. The third kappa shape index (κ3) is 5.44. The molecule has 9 heteroatoms. The Bertz CT molecular complexity index is 1090. The van der Waals surface area contributed by atoms with Crippen LogP contribution in [-0.4, -0.2) is 22.0 Å². The summed E-state index contributed by atoms with van der Waals surface area (Å²) in [4.78, 5) is 34.2. The highest BCUT2D eigenvalue weighted by molar-refractivity contribution is 5.90. The second-order valence-electron chi connectivity index (χ2n) is 6.19. The largest absolute Gasteiger partial charge is 0.494 e. The van der Waals surface area contributed by atoms with Crippen LogP contribution in [0.4, 0.5) is 11.4 Å². The number of carbonyl (C=O) groups is 1. The molecular weight excluding hydrogens is 390 g/mol. The SMILES string of the molecule is CCOc1ccc(Oc2ccc(NC(=O)Cn3cc([N+](=O)[O-])ccc3=O)cc2)cc1. The first kappa shape index (κ1) is 20.6. The molecule has 0 fully saturated rings. The van der Waals surface area contributed by atoms with E-state index in [0.717, 1.165) is 28.6 Å². The van der Waals surface area contributed by atoms with Gasteiger partial charge in [-0.05, 0) is 55.5 Å². The Labute approximate surface area is 171 Å². The molecule has 0 saturated heterocycles. The lowest BCUT2D eigenvalue weighted by atomic mass is 10.3. The summed E-state index contributed by atoms with van der Waals surface area (Å²) in [6, 6.07) is 16.0. The number of hydrogen-bond acceptors (Lipinski definition) is 6. The van der Waals surface area contributed by atoms with Crippen LogP contribution in [0.2, 0.25) is 0 Å². The van der Waals surface area contributed by atoms with E-state index in [9.17, 15) is 19.7 Å². The highest BCUT2D eigenvalue weighted by Gasteiger charge is 2.11. The standard InChI is InChI=1S/C21H19N3O6/c1-2-29-17-8-10-19(11-9-17)30-18-6-3-15(4-7-18)22-20(25)14-23-13-16(24(27)28)5-12-21(23)26/h3-13H,2,14H2,1H3,(H,22,25). The lowest BCUT2D eigenvalue weighted by Crippen LogP contribution is -2.26. The van der Waals surface area contributed by atoms with Gasteiger partial charge in [0.2, 0.25) is 5.91 Å². The minimum atomic E-state index is -0.628. The number of hydrogen-bond donors (Lipinski definition) is 1. The van der Waals surface area contributed by atoms with E-state index < -0.39 is 16.4 Å². The Balaban J connectivity index is 1.60. The summed E-state index contributed by atoms with van der Waals surface area (Å²) < 4.78 is 12.1. The summed E-state index contributed by atoms with van der Waals surface area (Å²) in [5.74, 6) is 1.48. The first-order valence-electron chi connectivity index (χ1n) is 9.10. The number of ether oxygens (including phenoxy) is 2. The van der Waals surface area contributed by atoms with Gasteiger partial charge in [-0.3, -0.25) is 24.3 Å². The van der Waals surface area contributed by atoms with E-state index in [1.807, 2.05) is 19.1 Å². The predicted molar refractivity (Wildman–Crippen MR) is 110 cm³/mol. The summed E-state index contributed by atoms with van der Waals surface area (Å²) >= 11 is 0. The average molecular weight is 409 g/mol. The third-order valence-electron chi connectivity index (χ3n) is 4.00. The number of amides is 1. The first-order valence-corrected chi connectivity index (χ1v) is 9.10. The Hall–Kier alpha value is -4.14. The fourth-order valence-electron chi connectivity index (χ4n) is 2.62. The van der Waals surface area contributed by atoms with E-state index in [-0.39, 0.29) is 12.2 Å². The Morgan fingerprint density at radius 1 is 1.00 bits per heavy atom. The number of pyridine rings is 1. The predicted octanol–water partition coefficient (Wildman–Crippen LogP) is 3.59. The summed E-state index contributed by atoms with van der Waals surface area (Å²) in [5, 5.41) is 13.5. The van der Waals surface area contributed by atoms with E-state index in [1.54, 1.807) is 36.4 Å². The van der Waals surface area contributed by atoms with Crippen molar-refractivity contribution in [2.24, 2.45) is 0 Å². The van der Waals surface area contributed by atoms with Gasteiger partial charge in [-0.1, -0.05) is 0 Å². The van der Waals surface area contributed by atoms with Crippen molar-refractivity contribution in [2.75, 3.05) is 11.9 Å². The molecule has 0 aliphatic rings. The van der Waals surface area contributed by atoms with Crippen LogP contribution in [0, 0.1) is 10.1 Å². The molecule has 0 radical (unpaired) electrons. The van der Waals surface area contributed by atoms with E-state index in [1.165, 1.54) is 0 Å². The lowest BCUT2D eigenvalue weighted by Gasteiger charge is -2.10. The van der Waals surface area contributed by atoms with Crippen LogP contribution in [-0.2, 0) is 11.3 Å². The molecule has 1 heterocycles. The van der Waals surface area contributed by atoms with Crippen molar-refractivity contribution in [3.63, 3.8) is 0 Å². The molecular formula is C21H19N3O6. The number of nitrogens with one attached hydrogen (secondary N) is 1. The van der Waals surface area contributed by atoms with Crippen molar-refractivity contribution in [1.82, 2.24) is 4.57 Å². The topological polar surface area (TPSA) is 113 Å². The summed E-state index contributed by atoms with van der Waals surface area (Å²) in [7, 11) is 0. The zero-order chi connectivity index (χ0) is 21.5. The molecule has 0 aliphatic heterocycles. The maximum absolute atomic E-state index is 12.2. The van der Waals surface area contributed by atoms with E-state index in [2.05, 4.69) is 5.32 Å². The van der Waals surface area contributed by atoms with E-state index in [4.69, 9.17) is 9.47 Å². The third-order valence-corrected chi connectivity index (χ3v) is 4.00. The molecule has 154 valence electrons. The van der Waals surface area contributed by atoms with E-state index >= 15 is 0 Å². The Morgan fingerprint density at radius 2 is 1.60 bits per heavy atom. The lowest BCUT2D eigenvalue weighted by molar-refractivity contribution is -0.385. The molecule has 3 rings (SSSR count). The van der Waals surface area contributed by atoms with Crippen molar-refractivity contribution in [1.29, 1.82) is 0 Å². The van der Waals surface area contributed by atoms with Gasteiger partial charge in [0.15, 0.2) is 0 Å². The fourth-order valence-corrected chi connectivity index (χ4v) is 2.62. The zero-order valence-electron chi connectivity index (χ0n) is 16.1. The number of rotatable bonds is 8. The minimum absolute atomic E-state index is 0.266. The highest BCUT2D eigenvalue weighted by Crippen LogP contribution is 2.25. The molecule has 0 saturated carbocycles. The number of carbonyl (C=O) groups excluding carboxylic acids is 1. The van der Waals surface area contributed by atoms with Gasteiger partial charge in [0.05, 0.1) is 17.7 Å². The van der Waals surface area contributed by atoms with Gasteiger partial charge in [0.1, 0.15) is 23.8 Å². The molecule has 2 aromatic carbocycles. The van der Waals surface area contributed by atoms with Gasteiger partial charge in [0, 0.05) is 17.8 Å². The van der Waals surface area contributed by atoms with Crippen LogP contribution in [0.3, 0.4) is 0 Å². The van der Waals surface area contributed by atoms with Crippen LogP contribution in [0.25, 0.3) is 0 Å². The van der Waals surface area contributed by atoms with Crippen molar-refractivity contribution in [3.05, 3.63) is 87.3 Å². The van der Waals surface area contributed by atoms with Gasteiger partial charge in [0.25, 0.3) is 11.2 Å². The minimum Gasteiger partial charge on any atom is -0.494 e. The van der Waals surface area contributed by atoms with E-state index in [0.29, 0.717) is 23.8 Å². The van der Waals surface area contributed by atoms with Gasteiger partial charge < -0.3 is 14.8 Å². The zero-order valence-corrected chi connectivity index (χ0v) is 16.1. The van der Waals surface area contributed by atoms with Crippen molar-refractivity contribution >= 4 is 17.3 Å². The molecule has 1 aromatic heterocycles. The number of aromatic nitrogens is 1. The molecule has 0 atom stereocenters. The molecule has 0 bridgehead atoms. The normalized spacial score (nSPS) is 10.3. The molecule has 3 aromatic rings. The number of benzene rings is 2. The number of nitrogens with zero attached hydrogens (tertiary/aromatic N) is 2. The molecule has 0 unspecified atom stereocenters. The molecule has 1 amide bonds. The van der Waals surface area contributed by atoms with Gasteiger partial charge >= 0.3 is 0 Å². The quantitative estimate of drug-likeness (QED) is 0.449. The van der Waals surface area contributed by atoms with Crippen molar-refractivity contribution in [2.45, 2.75) is 13.5 Å². The maximum Gasteiger partial charge on any atom is 0.285 e. The smallest absolute Gasteiger partial charge is 0.285 e. The van der Waals surface area contributed by atoms with Crippen LogP contribution >= 0.6 is 0 Å². The van der Waals surface area contributed by atoms with Crippen LogP contribution in [0.1, 0.15) is 6.92 Å². The highest BCUT2D eigenvalue weighted by atomic mass is 16.6. The van der Waals surface area contributed by atoms with Crippen molar-refractivity contribution in [3.8, 4) is 17.2 Å². The maximum atomic E-state index is 12.2. The fraction of sp³-hybridized carbons (Fsp3) is 0.143. The van der Waals surface area contributed by atoms with Crippen LogP contribution in [0.5, 0.6) is 17.2 Å². The molecule has 0 aliphatic carbocycles. The number of nitro groups is 1. The second-order valence-corrected chi connectivity index (χ2v) is 6.19. The molecule has 30 heavy (non-hydrogen) atoms. The Kier molecular flexibility index (Phi) is 6.43.